The first kappa shape index (κ1) is 23.9. The summed E-state index contributed by atoms with van der Waals surface area (Å²) in [6.45, 7) is 4.55. The van der Waals surface area contributed by atoms with E-state index in [9.17, 15) is 9.59 Å². The van der Waals surface area contributed by atoms with Crippen molar-refractivity contribution in [1.82, 2.24) is 5.32 Å². The number of amides is 1. The maximum atomic E-state index is 13.3. The Morgan fingerprint density at radius 2 is 1.79 bits per heavy atom. The van der Waals surface area contributed by atoms with Gasteiger partial charge in [-0.25, -0.2) is 0 Å². The number of aryl methyl sites for hydroxylation is 1. The first-order valence-electron chi connectivity index (χ1n) is 11.9. The van der Waals surface area contributed by atoms with Gasteiger partial charge < -0.3 is 24.4 Å². The van der Waals surface area contributed by atoms with Gasteiger partial charge in [-0.05, 0) is 80.0 Å². The van der Waals surface area contributed by atoms with Crippen molar-refractivity contribution in [3.05, 3.63) is 45.6 Å². The van der Waals surface area contributed by atoms with Crippen LogP contribution in [-0.2, 0) is 11.2 Å². The Bertz CT molecular complexity index is 1150. The van der Waals surface area contributed by atoms with E-state index in [-0.39, 0.29) is 23.4 Å². The van der Waals surface area contributed by atoms with E-state index >= 15 is 0 Å². The van der Waals surface area contributed by atoms with Gasteiger partial charge in [0.1, 0.15) is 0 Å². The summed E-state index contributed by atoms with van der Waals surface area (Å²) in [6, 6.07) is 7.51. The molecule has 1 aliphatic carbocycles. The fraction of sp³-hybridized carbons (Fsp3) is 0.481. The number of piperidine rings is 1. The number of carbonyl (C=O) groups excluding carboxylic acids is 1. The molecule has 1 aliphatic heterocycles. The summed E-state index contributed by atoms with van der Waals surface area (Å²) >= 11 is 0. The normalized spacial score (nSPS) is 19.4. The van der Waals surface area contributed by atoms with Crippen molar-refractivity contribution in [2.45, 2.75) is 58.0 Å². The lowest BCUT2D eigenvalue weighted by Crippen LogP contribution is -2.39. The molecule has 0 aromatic heterocycles. The molecule has 1 fully saturated rings. The molecule has 0 spiro atoms. The lowest BCUT2D eigenvalue weighted by Gasteiger charge is -2.35. The highest BCUT2D eigenvalue weighted by atomic mass is 16.5. The Morgan fingerprint density at radius 3 is 2.44 bits per heavy atom. The van der Waals surface area contributed by atoms with Crippen LogP contribution < -0.4 is 29.9 Å². The van der Waals surface area contributed by atoms with Crippen molar-refractivity contribution >= 4 is 11.6 Å². The number of methoxy groups -OCH3 is 3. The Balaban J connectivity index is 2.03. The van der Waals surface area contributed by atoms with Gasteiger partial charge in [0.15, 0.2) is 11.5 Å². The third-order valence-electron chi connectivity index (χ3n) is 7.01. The van der Waals surface area contributed by atoms with Gasteiger partial charge in [0, 0.05) is 25.1 Å². The summed E-state index contributed by atoms with van der Waals surface area (Å²) in [7, 11) is 4.79. The summed E-state index contributed by atoms with van der Waals surface area (Å²) < 4.78 is 17.1. The zero-order valence-corrected chi connectivity index (χ0v) is 20.7. The van der Waals surface area contributed by atoms with Crippen LogP contribution in [0.4, 0.5) is 5.69 Å². The van der Waals surface area contributed by atoms with E-state index in [4.69, 9.17) is 14.2 Å². The van der Waals surface area contributed by atoms with Crippen LogP contribution in [0.25, 0.3) is 11.1 Å². The van der Waals surface area contributed by atoms with Gasteiger partial charge in [-0.15, -0.1) is 0 Å². The van der Waals surface area contributed by atoms with Crippen LogP contribution in [0.1, 0.15) is 56.7 Å². The van der Waals surface area contributed by atoms with Gasteiger partial charge in [-0.2, -0.15) is 0 Å². The minimum atomic E-state index is -0.243. The molecule has 182 valence electrons. The highest BCUT2D eigenvalue weighted by Gasteiger charge is 2.30. The molecular weight excluding hydrogens is 432 g/mol. The van der Waals surface area contributed by atoms with Crippen LogP contribution in [-0.4, -0.2) is 39.8 Å². The van der Waals surface area contributed by atoms with Gasteiger partial charge in [-0.1, -0.05) is 0 Å². The first-order valence-corrected chi connectivity index (χ1v) is 11.9. The van der Waals surface area contributed by atoms with E-state index in [0.29, 0.717) is 35.8 Å². The number of nitrogens with one attached hydrogen (secondary N) is 1. The van der Waals surface area contributed by atoms with Gasteiger partial charge in [0.05, 0.1) is 33.1 Å². The number of fused-ring (bicyclic) bond motifs is 3. The predicted molar refractivity (Wildman–Crippen MR) is 133 cm³/mol. The Labute approximate surface area is 201 Å². The van der Waals surface area contributed by atoms with Crippen LogP contribution in [0.5, 0.6) is 17.2 Å². The minimum Gasteiger partial charge on any atom is -0.493 e. The van der Waals surface area contributed by atoms with E-state index < -0.39 is 0 Å². The van der Waals surface area contributed by atoms with E-state index in [1.807, 2.05) is 18.2 Å². The molecule has 4 rings (SSSR count). The lowest BCUT2D eigenvalue weighted by molar-refractivity contribution is -0.119. The first-order chi connectivity index (χ1) is 16.4. The standard InChI is InChI=1S/C27H34N2O5/c1-16-8-6-7-13-29(16)22-15-20-19(10-12-23(22)31)25-18(9-11-21(20)28-17(2)30)14-24(32-3)26(33-4)27(25)34-5/h10,12,14-16,21H,6-9,11,13H2,1-5H3,(H,28,30). The Hall–Kier alpha value is -3.22. The number of carbonyl (C=O) groups is 1. The SMILES string of the molecule is COc1cc2c(c(OC)c1OC)-c1ccc(=O)c(N3CCCCC3C)cc1C(NC(C)=O)CC2. The number of hydrogen-bond acceptors (Lipinski definition) is 6. The van der Waals surface area contributed by atoms with E-state index in [2.05, 4.69) is 17.1 Å². The number of nitrogens with zero attached hydrogens (tertiary/aromatic N) is 1. The van der Waals surface area contributed by atoms with Gasteiger partial charge in [0.25, 0.3) is 0 Å². The van der Waals surface area contributed by atoms with Crippen molar-refractivity contribution in [1.29, 1.82) is 0 Å². The van der Waals surface area contributed by atoms with Gasteiger partial charge in [-0.3, -0.25) is 9.59 Å². The average Bonchev–Trinajstić information content (AvgIpc) is 3.07. The highest BCUT2D eigenvalue weighted by molar-refractivity contribution is 5.84. The van der Waals surface area contributed by atoms with E-state index in [1.165, 1.54) is 13.3 Å². The molecule has 34 heavy (non-hydrogen) atoms. The van der Waals surface area contributed by atoms with E-state index in [1.54, 1.807) is 27.4 Å². The zero-order valence-electron chi connectivity index (χ0n) is 20.7. The van der Waals surface area contributed by atoms with Crippen LogP contribution in [0.15, 0.2) is 29.1 Å². The lowest BCUT2D eigenvalue weighted by atomic mass is 9.95. The Kier molecular flexibility index (Phi) is 7.00. The van der Waals surface area contributed by atoms with Crippen LogP contribution in [0.3, 0.4) is 0 Å². The molecule has 2 atom stereocenters. The maximum Gasteiger partial charge on any atom is 0.217 e. The fourth-order valence-electron chi connectivity index (χ4n) is 5.38. The number of rotatable bonds is 5. The molecular formula is C27H34N2O5. The summed E-state index contributed by atoms with van der Waals surface area (Å²) in [6.07, 6.45) is 4.68. The van der Waals surface area contributed by atoms with Gasteiger partial charge in [0.2, 0.25) is 17.1 Å². The molecule has 1 saturated heterocycles. The van der Waals surface area contributed by atoms with Crippen molar-refractivity contribution in [2.24, 2.45) is 0 Å². The van der Waals surface area contributed by atoms with Crippen LogP contribution in [0.2, 0.25) is 0 Å². The number of ether oxygens (including phenoxy) is 3. The summed E-state index contributed by atoms with van der Waals surface area (Å²) in [4.78, 5) is 27.7. The molecule has 2 aromatic rings. The zero-order chi connectivity index (χ0) is 24.4. The number of anilines is 1. The predicted octanol–water partition coefficient (Wildman–Crippen LogP) is 4.24. The summed E-state index contributed by atoms with van der Waals surface area (Å²) in [5.74, 6) is 1.55. The van der Waals surface area contributed by atoms with Crippen molar-refractivity contribution in [3.8, 4) is 28.4 Å². The fourth-order valence-corrected chi connectivity index (χ4v) is 5.38. The molecule has 1 heterocycles. The minimum absolute atomic E-state index is 0.0237. The third-order valence-corrected chi connectivity index (χ3v) is 7.01. The molecule has 2 unspecified atom stereocenters. The Morgan fingerprint density at radius 1 is 1.03 bits per heavy atom. The molecule has 2 aliphatic rings. The van der Waals surface area contributed by atoms with Crippen LogP contribution in [0, 0.1) is 0 Å². The maximum absolute atomic E-state index is 13.3. The molecule has 1 amide bonds. The molecule has 7 nitrogen and oxygen atoms in total. The van der Waals surface area contributed by atoms with Gasteiger partial charge >= 0.3 is 0 Å². The van der Waals surface area contributed by atoms with Crippen molar-refractivity contribution in [3.63, 3.8) is 0 Å². The topological polar surface area (TPSA) is 77.1 Å². The second-order valence-corrected chi connectivity index (χ2v) is 9.11. The molecule has 0 radical (unpaired) electrons. The summed E-state index contributed by atoms with van der Waals surface area (Å²) in [5, 5.41) is 3.12. The smallest absolute Gasteiger partial charge is 0.217 e. The van der Waals surface area contributed by atoms with Crippen molar-refractivity contribution in [2.75, 3.05) is 32.8 Å². The molecule has 7 heteroatoms. The third kappa shape index (κ3) is 4.31. The largest absolute Gasteiger partial charge is 0.493 e. The van der Waals surface area contributed by atoms with E-state index in [0.717, 1.165) is 41.6 Å². The molecule has 1 N–H and O–H groups in total. The summed E-state index contributed by atoms with van der Waals surface area (Å²) in [5.41, 5.74) is 4.33. The second kappa shape index (κ2) is 9.95. The average molecular weight is 467 g/mol. The number of benzene rings is 1. The van der Waals surface area contributed by atoms with Crippen molar-refractivity contribution < 1.29 is 19.0 Å². The second-order valence-electron chi connectivity index (χ2n) is 9.11. The molecule has 0 saturated carbocycles. The quantitative estimate of drug-likeness (QED) is 0.710. The van der Waals surface area contributed by atoms with Crippen LogP contribution >= 0.6 is 0 Å². The highest BCUT2D eigenvalue weighted by Crippen LogP contribution is 2.50. The molecule has 0 bridgehead atoms. The molecule has 2 aromatic carbocycles. The number of hydrogen-bond donors (Lipinski definition) is 1. The monoisotopic (exact) mass is 466 g/mol.